The molecule has 0 saturated heterocycles. The van der Waals surface area contributed by atoms with Gasteiger partial charge in [0.2, 0.25) is 11.8 Å². The lowest BCUT2D eigenvalue weighted by atomic mass is 9.83. The van der Waals surface area contributed by atoms with Crippen molar-refractivity contribution >= 4 is 23.8 Å². The van der Waals surface area contributed by atoms with Crippen LogP contribution < -0.4 is 11.5 Å². The molecule has 24 heavy (non-hydrogen) atoms. The Morgan fingerprint density at radius 3 is 1.17 bits per heavy atom. The van der Waals surface area contributed by atoms with Gasteiger partial charge in [-0.3, -0.25) is 9.59 Å². The average molecular weight is 340 g/mol. The summed E-state index contributed by atoms with van der Waals surface area (Å²) in [5.74, 6) is -5.78. The number of hydrogen-bond donors (Lipinski definition) is 6. The number of carboxylic acid groups (broad SMARTS) is 2. The van der Waals surface area contributed by atoms with Crippen LogP contribution >= 0.6 is 0 Å². The van der Waals surface area contributed by atoms with Crippen LogP contribution in [0.1, 0.15) is 52.6 Å². The van der Waals surface area contributed by atoms with Gasteiger partial charge in [0, 0.05) is 13.2 Å². The quantitative estimate of drug-likeness (QED) is 0.323. The first-order valence-electron chi connectivity index (χ1n) is 6.68. The Balaban J connectivity index is 4.22. The van der Waals surface area contributed by atoms with Gasteiger partial charge in [-0.05, 0) is 24.0 Å². The molecular formula is C14H16N2O8. The number of carboxylic acids is 2. The van der Waals surface area contributed by atoms with Crippen LogP contribution in [0.3, 0.4) is 0 Å². The van der Waals surface area contributed by atoms with Gasteiger partial charge in [0.15, 0.2) is 0 Å². The maximum atomic E-state index is 11.7. The van der Waals surface area contributed by atoms with Crippen molar-refractivity contribution in [1.82, 2.24) is 0 Å². The molecule has 130 valence electrons. The van der Waals surface area contributed by atoms with Crippen molar-refractivity contribution < 1.29 is 39.6 Å². The second-order valence-electron chi connectivity index (χ2n) is 4.74. The molecule has 0 bridgehead atoms. The average Bonchev–Trinajstić information content (AvgIpc) is 2.46. The zero-order valence-corrected chi connectivity index (χ0v) is 12.4. The Labute approximate surface area is 135 Å². The molecular weight excluding hydrogens is 324 g/mol. The first kappa shape index (κ1) is 19.1. The molecule has 1 rings (SSSR count). The van der Waals surface area contributed by atoms with Crippen molar-refractivity contribution in [3.63, 3.8) is 0 Å². The lowest BCUT2D eigenvalue weighted by Gasteiger charge is -2.20. The zero-order valence-electron chi connectivity index (χ0n) is 12.4. The van der Waals surface area contributed by atoms with Gasteiger partial charge in [-0.2, -0.15) is 0 Å². The molecule has 8 N–H and O–H groups in total. The van der Waals surface area contributed by atoms with Gasteiger partial charge in [-0.1, -0.05) is 0 Å². The molecule has 0 unspecified atom stereocenters. The predicted molar refractivity (Wildman–Crippen MR) is 79.0 cm³/mol. The normalized spacial score (nSPS) is 10.4. The van der Waals surface area contributed by atoms with Crippen molar-refractivity contribution in [1.29, 1.82) is 0 Å². The van der Waals surface area contributed by atoms with Crippen molar-refractivity contribution in [3.8, 4) is 0 Å². The summed E-state index contributed by atoms with van der Waals surface area (Å²) in [6, 6.07) is 0. The topological polar surface area (TPSA) is 201 Å². The summed E-state index contributed by atoms with van der Waals surface area (Å²) in [6.07, 6.45) is -0.861. The molecule has 0 saturated carbocycles. The number of rotatable bonds is 8. The van der Waals surface area contributed by atoms with E-state index in [1.54, 1.807) is 0 Å². The molecule has 0 spiro atoms. The molecule has 0 aliphatic rings. The molecule has 0 aliphatic carbocycles. The number of carbonyl (C=O) groups excluding carboxylic acids is 2. The highest BCUT2D eigenvalue weighted by atomic mass is 16.4. The molecule has 0 heterocycles. The second kappa shape index (κ2) is 7.53. The van der Waals surface area contributed by atoms with E-state index in [1.165, 1.54) is 0 Å². The summed E-state index contributed by atoms with van der Waals surface area (Å²) in [4.78, 5) is 46.6. The highest BCUT2D eigenvalue weighted by Gasteiger charge is 2.33. The Kier molecular flexibility index (Phi) is 5.98. The van der Waals surface area contributed by atoms with Gasteiger partial charge in [0.25, 0.3) is 0 Å². The summed E-state index contributed by atoms with van der Waals surface area (Å²) in [6.45, 7) is -1.26. The van der Waals surface area contributed by atoms with E-state index in [4.69, 9.17) is 21.7 Å². The largest absolute Gasteiger partial charge is 0.478 e. The van der Waals surface area contributed by atoms with Gasteiger partial charge in [0.1, 0.15) is 0 Å². The van der Waals surface area contributed by atoms with Gasteiger partial charge >= 0.3 is 11.9 Å². The van der Waals surface area contributed by atoms with Crippen LogP contribution in [0.25, 0.3) is 0 Å². The molecule has 10 heteroatoms. The summed E-state index contributed by atoms with van der Waals surface area (Å²) >= 11 is 0. The van der Waals surface area contributed by atoms with E-state index in [-0.39, 0.29) is 5.56 Å². The monoisotopic (exact) mass is 340 g/mol. The van der Waals surface area contributed by atoms with Crippen LogP contribution in [0.4, 0.5) is 0 Å². The highest BCUT2D eigenvalue weighted by Crippen LogP contribution is 2.30. The third-order valence-electron chi connectivity index (χ3n) is 3.35. The van der Waals surface area contributed by atoms with E-state index in [0.29, 0.717) is 0 Å². The number of benzene rings is 1. The van der Waals surface area contributed by atoms with Gasteiger partial charge in [-0.25, -0.2) is 9.59 Å². The Bertz CT molecular complexity index is 612. The number of aromatic carboxylic acids is 2. The van der Waals surface area contributed by atoms with Crippen LogP contribution in [0, 0.1) is 0 Å². The summed E-state index contributed by atoms with van der Waals surface area (Å²) < 4.78 is 0. The number of amides is 2. The standard InChI is InChI=1S/C14H16N2O8/c15-11(19)7-5(1-3-17)8(12(16)20)10(14(23)24)6(2-4-18)9(7)13(21)22/h17-18H,1-4H2,(H2,15,19)(H2,16,20)(H,21,22)(H,23,24). The minimum atomic E-state index is -1.66. The maximum Gasteiger partial charge on any atom is 0.336 e. The molecule has 0 atom stereocenters. The maximum absolute atomic E-state index is 11.7. The van der Waals surface area contributed by atoms with E-state index in [2.05, 4.69) is 0 Å². The molecule has 0 fully saturated rings. The van der Waals surface area contributed by atoms with Crippen LogP contribution in [-0.2, 0) is 12.8 Å². The van der Waals surface area contributed by atoms with Crippen LogP contribution in [0.15, 0.2) is 0 Å². The van der Waals surface area contributed by atoms with E-state index >= 15 is 0 Å². The van der Waals surface area contributed by atoms with E-state index in [0.717, 1.165) is 0 Å². The number of nitrogens with two attached hydrogens (primary N) is 2. The van der Waals surface area contributed by atoms with Crippen molar-refractivity contribution in [3.05, 3.63) is 33.4 Å². The highest BCUT2D eigenvalue weighted by molar-refractivity contribution is 6.14. The molecule has 0 aromatic heterocycles. The third kappa shape index (κ3) is 3.34. The minimum Gasteiger partial charge on any atom is -0.478 e. The smallest absolute Gasteiger partial charge is 0.336 e. The lowest BCUT2D eigenvalue weighted by Crippen LogP contribution is -2.29. The minimum absolute atomic E-state index is 0.353. The second-order valence-corrected chi connectivity index (χ2v) is 4.74. The Morgan fingerprint density at radius 1 is 0.667 bits per heavy atom. The van der Waals surface area contributed by atoms with Gasteiger partial charge in [-0.15, -0.1) is 0 Å². The summed E-state index contributed by atoms with van der Waals surface area (Å²) in [7, 11) is 0. The first-order chi connectivity index (χ1) is 11.2. The summed E-state index contributed by atoms with van der Waals surface area (Å²) in [5, 5.41) is 37.0. The zero-order chi connectivity index (χ0) is 18.6. The lowest BCUT2D eigenvalue weighted by molar-refractivity contribution is 0.0685. The van der Waals surface area contributed by atoms with Crippen LogP contribution in [0.5, 0.6) is 0 Å². The molecule has 2 amide bonds. The van der Waals surface area contributed by atoms with Crippen molar-refractivity contribution in [2.45, 2.75) is 12.8 Å². The van der Waals surface area contributed by atoms with Crippen molar-refractivity contribution in [2.24, 2.45) is 11.5 Å². The number of carbonyl (C=O) groups is 4. The number of primary amides is 2. The SMILES string of the molecule is NC(=O)c1c(CCO)c(C(N)=O)c(C(=O)O)c(CCO)c1C(=O)O. The third-order valence-corrected chi connectivity index (χ3v) is 3.35. The van der Waals surface area contributed by atoms with Crippen LogP contribution in [0.2, 0.25) is 0 Å². The number of aliphatic hydroxyl groups excluding tert-OH is 2. The fourth-order valence-corrected chi connectivity index (χ4v) is 2.59. The van der Waals surface area contributed by atoms with Crippen LogP contribution in [-0.4, -0.2) is 57.4 Å². The van der Waals surface area contributed by atoms with Crippen molar-refractivity contribution in [2.75, 3.05) is 13.2 Å². The first-order valence-corrected chi connectivity index (χ1v) is 6.68. The molecule has 1 aromatic carbocycles. The molecule has 1 aromatic rings. The Morgan fingerprint density at radius 2 is 0.958 bits per heavy atom. The number of hydrogen-bond acceptors (Lipinski definition) is 6. The fourth-order valence-electron chi connectivity index (χ4n) is 2.59. The van der Waals surface area contributed by atoms with Gasteiger partial charge < -0.3 is 31.9 Å². The fraction of sp³-hybridized carbons (Fsp3) is 0.286. The summed E-state index contributed by atoms with van der Waals surface area (Å²) in [5.41, 5.74) is 6.91. The molecule has 0 radical (unpaired) electrons. The molecule has 10 nitrogen and oxygen atoms in total. The van der Waals surface area contributed by atoms with E-state index in [9.17, 15) is 29.4 Å². The van der Waals surface area contributed by atoms with E-state index < -0.39 is 77.6 Å². The predicted octanol–water partition coefficient (Wildman–Crippen LogP) is -1.65. The molecule has 0 aliphatic heterocycles. The van der Waals surface area contributed by atoms with E-state index in [1.807, 2.05) is 0 Å². The number of aliphatic hydroxyl groups is 2. The van der Waals surface area contributed by atoms with Gasteiger partial charge in [0.05, 0.1) is 22.3 Å². The Hall–Kier alpha value is -2.98.